The number of carbonyl (C=O) groups is 3. The van der Waals surface area contributed by atoms with E-state index in [4.69, 9.17) is 4.74 Å². The van der Waals surface area contributed by atoms with Gasteiger partial charge in [-0.15, -0.1) is 11.8 Å². The summed E-state index contributed by atoms with van der Waals surface area (Å²) in [6.45, 7) is 12.0. The average molecular weight is 465 g/mol. The molecule has 2 rings (SSSR count). The topological polar surface area (TPSA) is 91.0 Å². The SMILES string of the molecule is Cc1cccc(NC(=O)CSCC(=O)NCCCN2CCN(C(=O)OC(C)(C)C)CC2)c1. The average Bonchev–Trinajstić information content (AvgIpc) is 2.70. The fourth-order valence-electron chi connectivity index (χ4n) is 3.22. The molecule has 2 N–H and O–H groups in total. The molecule has 1 aromatic carbocycles. The molecule has 3 amide bonds. The maximum Gasteiger partial charge on any atom is 0.410 e. The van der Waals surface area contributed by atoms with Gasteiger partial charge >= 0.3 is 6.09 Å². The number of benzene rings is 1. The first-order chi connectivity index (χ1) is 15.1. The van der Waals surface area contributed by atoms with Gasteiger partial charge in [0.1, 0.15) is 5.60 Å². The lowest BCUT2D eigenvalue weighted by Crippen LogP contribution is -2.50. The van der Waals surface area contributed by atoms with E-state index >= 15 is 0 Å². The van der Waals surface area contributed by atoms with Crippen LogP contribution in [0.15, 0.2) is 24.3 Å². The summed E-state index contributed by atoms with van der Waals surface area (Å²) in [6, 6.07) is 7.62. The monoisotopic (exact) mass is 464 g/mol. The standard InChI is InChI=1S/C23H36N4O4S/c1-18-7-5-8-19(15-18)25-21(29)17-32-16-20(28)24-9-6-10-26-11-13-27(14-12-26)22(30)31-23(2,3)4/h5,7-8,15H,6,9-14,16-17H2,1-4H3,(H,24,28)(H,25,29). The highest BCUT2D eigenvalue weighted by Crippen LogP contribution is 2.12. The molecule has 0 spiro atoms. The molecule has 9 heteroatoms. The van der Waals surface area contributed by atoms with E-state index < -0.39 is 5.60 Å². The highest BCUT2D eigenvalue weighted by Gasteiger charge is 2.25. The van der Waals surface area contributed by atoms with Gasteiger partial charge in [-0.2, -0.15) is 0 Å². The zero-order valence-electron chi connectivity index (χ0n) is 19.6. The number of aryl methyl sites for hydroxylation is 1. The fraction of sp³-hybridized carbons (Fsp3) is 0.609. The molecule has 1 saturated heterocycles. The molecule has 1 aromatic rings. The first-order valence-electron chi connectivity index (χ1n) is 11.0. The van der Waals surface area contributed by atoms with Gasteiger partial charge in [0.2, 0.25) is 11.8 Å². The molecule has 8 nitrogen and oxygen atoms in total. The van der Waals surface area contributed by atoms with Gasteiger partial charge in [0.25, 0.3) is 0 Å². The van der Waals surface area contributed by atoms with Crippen LogP contribution in [0, 0.1) is 6.92 Å². The van der Waals surface area contributed by atoms with Crippen molar-refractivity contribution in [1.82, 2.24) is 15.1 Å². The van der Waals surface area contributed by atoms with Gasteiger partial charge in [-0.3, -0.25) is 14.5 Å². The number of nitrogens with one attached hydrogen (secondary N) is 2. The number of carbonyl (C=O) groups excluding carboxylic acids is 3. The number of hydrogen-bond acceptors (Lipinski definition) is 6. The highest BCUT2D eigenvalue weighted by molar-refractivity contribution is 8.00. The first kappa shape index (κ1) is 26.0. The summed E-state index contributed by atoms with van der Waals surface area (Å²) in [6.07, 6.45) is 0.589. The molecule has 0 aromatic heterocycles. The zero-order valence-corrected chi connectivity index (χ0v) is 20.4. The van der Waals surface area contributed by atoms with Crippen LogP contribution in [0.4, 0.5) is 10.5 Å². The van der Waals surface area contributed by atoms with Crippen LogP contribution in [0.2, 0.25) is 0 Å². The molecule has 32 heavy (non-hydrogen) atoms. The van der Waals surface area contributed by atoms with E-state index in [2.05, 4.69) is 15.5 Å². The van der Waals surface area contributed by atoms with E-state index in [-0.39, 0.29) is 29.4 Å². The molecule has 0 unspecified atom stereocenters. The largest absolute Gasteiger partial charge is 0.444 e. The van der Waals surface area contributed by atoms with Crippen molar-refractivity contribution in [3.05, 3.63) is 29.8 Å². The normalized spacial score (nSPS) is 14.7. The van der Waals surface area contributed by atoms with Crippen LogP contribution >= 0.6 is 11.8 Å². The third-order valence-corrected chi connectivity index (χ3v) is 5.70. The number of nitrogens with zero attached hydrogens (tertiary/aromatic N) is 2. The second-order valence-electron chi connectivity index (χ2n) is 8.92. The molecular formula is C23H36N4O4S. The number of thioether (sulfide) groups is 1. The van der Waals surface area contributed by atoms with Gasteiger partial charge in [0.05, 0.1) is 11.5 Å². The number of anilines is 1. The molecule has 1 heterocycles. The van der Waals surface area contributed by atoms with Crippen LogP contribution in [0.3, 0.4) is 0 Å². The summed E-state index contributed by atoms with van der Waals surface area (Å²) in [4.78, 5) is 40.1. The Bertz CT molecular complexity index is 774. The second-order valence-corrected chi connectivity index (χ2v) is 9.91. The van der Waals surface area contributed by atoms with E-state index in [9.17, 15) is 14.4 Å². The second kappa shape index (κ2) is 12.7. The minimum absolute atomic E-state index is 0.0619. The Morgan fingerprint density at radius 1 is 1.06 bits per heavy atom. The Labute approximate surface area is 195 Å². The van der Waals surface area contributed by atoms with Gasteiger partial charge in [-0.1, -0.05) is 12.1 Å². The summed E-state index contributed by atoms with van der Waals surface area (Å²) in [5, 5.41) is 5.74. The van der Waals surface area contributed by atoms with Crippen LogP contribution < -0.4 is 10.6 Å². The molecular weight excluding hydrogens is 428 g/mol. The lowest BCUT2D eigenvalue weighted by atomic mass is 10.2. The number of rotatable bonds is 9. The molecule has 0 atom stereocenters. The Hall–Kier alpha value is -2.26. The highest BCUT2D eigenvalue weighted by atomic mass is 32.2. The third-order valence-electron chi connectivity index (χ3n) is 4.77. The predicted molar refractivity (Wildman–Crippen MR) is 129 cm³/mol. The van der Waals surface area contributed by atoms with E-state index in [1.54, 1.807) is 4.90 Å². The van der Waals surface area contributed by atoms with Gasteiger partial charge in [-0.25, -0.2) is 4.79 Å². The Kier molecular flexibility index (Phi) is 10.3. The number of hydrogen-bond donors (Lipinski definition) is 2. The zero-order chi connectivity index (χ0) is 23.6. The maximum atomic E-state index is 12.1. The minimum atomic E-state index is -0.477. The predicted octanol–water partition coefficient (Wildman–Crippen LogP) is 2.73. The Morgan fingerprint density at radius 3 is 2.41 bits per heavy atom. The first-order valence-corrected chi connectivity index (χ1v) is 12.2. The lowest BCUT2D eigenvalue weighted by Gasteiger charge is -2.35. The molecule has 1 aliphatic heterocycles. The van der Waals surface area contributed by atoms with Crippen LogP contribution in [0.1, 0.15) is 32.8 Å². The van der Waals surface area contributed by atoms with Crippen molar-refractivity contribution in [1.29, 1.82) is 0 Å². The lowest BCUT2D eigenvalue weighted by molar-refractivity contribution is -0.118. The Morgan fingerprint density at radius 2 is 1.75 bits per heavy atom. The van der Waals surface area contributed by atoms with Crippen LogP contribution in [0.5, 0.6) is 0 Å². The molecule has 0 aliphatic carbocycles. The van der Waals surface area contributed by atoms with E-state index in [1.165, 1.54) is 11.8 Å². The molecule has 1 aliphatic rings. The van der Waals surface area contributed by atoms with Crippen molar-refractivity contribution in [3.63, 3.8) is 0 Å². The van der Waals surface area contributed by atoms with Crippen molar-refractivity contribution < 1.29 is 19.1 Å². The molecule has 0 bridgehead atoms. The van der Waals surface area contributed by atoms with Crippen molar-refractivity contribution in [2.75, 3.05) is 56.1 Å². The maximum absolute atomic E-state index is 12.1. The molecule has 0 radical (unpaired) electrons. The van der Waals surface area contributed by atoms with E-state index in [0.717, 1.165) is 37.3 Å². The number of piperazine rings is 1. The van der Waals surface area contributed by atoms with Crippen molar-refractivity contribution in [2.24, 2.45) is 0 Å². The van der Waals surface area contributed by atoms with Gasteiger partial charge in [-0.05, 0) is 58.4 Å². The summed E-state index contributed by atoms with van der Waals surface area (Å²) in [5.41, 5.74) is 1.38. The van der Waals surface area contributed by atoms with Crippen LogP contribution in [-0.4, -0.2) is 84.1 Å². The van der Waals surface area contributed by atoms with Gasteiger partial charge < -0.3 is 20.3 Å². The van der Waals surface area contributed by atoms with Crippen molar-refractivity contribution in [3.8, 4) is 0 Å². The fourth-order valence-corrected chi connectivity index (χ4v) is 3.87. The molecule has 178 valence electrons. The van der Waals surface area contributed by atoms with Crippen LogP contribution in [-0.2, 0) is 14.3 Å². The third kappa shape index (κ3) is 10.4. The Balaban J connectivity index is 1.51. The summed E-state index contributed by atoms with van der Waals surface area (Å²) in [5.74, 6) is 0.325. The van der Waals surface area contributed by atoms with Crippen molar-refractivity contribution >= 4 is 35.4 Å². The van der Waals surface area contributed by atoms with E-state index in [1.807, 2.05) is 52.0 Å². The smallest absolute Gasteiger partial charge is 0.410 e. The van der Waals surface area contributed by atoms with Gasteiger partial charge in [0, 0.05) is 38.4 Å². The van der Waals surface area contributed by atoms with Crippen LogP contribution in [0.25, 0.3) is 0 Å². The molecule has 1 fully saturated rings. The number of amides is 3. The summed E-state index contributed by atoms with van der Waals surface area (Å²) >= 11 is 1.30. The quantitative estimate of drug-likeness (QED) is 0.546. The van der Waals surface area contributed by atoms with Crippen molar-refractivity contribution in [2.45, 2.75) is 39.7 Å². The number of ether oxygens (including phenoxy) is 1. The van der Waals surface area contributed by atoms with Gasteiger partial charge in [0.15, 0.2) is 0 Å². The van der Waals surface area contributed by atoms with E-state index in [0.29, 0.717) is 19.6 Å². The minimum Gasteiger partial charge on any atom is -0.444 e. The summed E-state index contributed by atoms with van der Waals surface area (Å²) in [7, 11) is 0. The molecule has 0 saturated carbocycles. The summed E-state index contributed by atoms with van der Waals surface area (Å²) < 4.78 is 5.41.